The molecule has 2 aliphatic heterocycles. The Balaban J connectivity index is 0.00000144. The van der Waals surface area contributed by atoms with E-state index < -0.39 is 5.54 Å². The summed E-state index contributed by atoms with van der Waals surface area (Å²) in [7, 11) is 1.66. The number of halogens is 2. The molecule has 3 atom stereocenters. The number of ether oxygens (including phenoxy) is 1. The number of carbonyl (C=O) groups excluding carboxylic acids is 1. The molecule has 7 heteroatoms. The van der Waals surface area contributed by atoms with E-state index in [1.807, 2.05) is 17.0 Å². The monoisotopic (exact) mass is 375 g/mol. The van der Waals surface area contributed by atoms with E-state index in [-0.39, 0.29) is 36.8 Å². The summed E-state index contributed by atoms with van der Waals surface area (Å²) in [5.74, 6) is 1.83. The number of methoxy groups -OCH3 is 1. The SMILES string of the molecule is COc1ccc([C@H]2[C@H]3CNC[C@H]3CN2C(=O)C(C)(C)N)cc1.Cl.Cl. The number of benzene rings is 1. The molecule has 1 amide bonds. The highest BCUT2D eigenvalue weighted by Crippen LogP contribution is 2.43. The molecule has 24 heavy (non-hydrogen) atoms. The van der Waals surface area contributed by atoms with E-state index in [9.17, 15) is 4.79 Å². The van der Waals surface area contributed by atoms with Gasteiger partial charge in [0.15, 0.2) is 0 Å². The number of rotatable bonds is 3. The summed E-state index contributed by atoms with van der Waals surface area (Å²) < 4.78 is 5.23. The molecular weight excluding hydrogens is 349 g/mol. The number of hydrogen-bond acceptors (Lipinski definition) is 4. The van der Waals surface area contributed by atoms with Crippen LogP contribution in [0.1, 0.15) is 25.5 Å². The van der Waals surface area contributed by atoms with Crippen molar-refractivity contribution in [1.82, 2.24) is 10.2 Å². The highest BCUT2D eigenvalue weighted by molar-refractivity contribution is 5.86. The zero-order valence-corrected chi connectivity index (χ0v) is 16.0. The predicted octanol–water partition coefficient (Wildman–Crippen LogP) is 2.00. The molecule has 0 saturated carbocycles. The Labute approximate surface area is 156 Å². The first-order chi connectivity index (χ1) is 10.4. The van der Waals surface area contributed by atoms with Gasteiger partial charge in [0.25, 0.3) is 0 Å². The number of hydrogen-bond donors (Lipinski definition) is 2. The van der Waals surface area contributed by atoms with Crippen LogP contribution in [0.15, 0.2) is 24.3 Å². The normalized spacial score (nSPS) is 25.5. The Morgan fingerprint density at radius 2 is 1.88 bits per heavy atom. The van der Waals surface area contributed by atoms with Gasteiger partial charge in [-0.05, 0) is 37.5 Å². The Morgan fingerprint density at radius 3 is 2.42 bits per heavy atom. The number of nitrogens with one attached hydrogen (secondary N) is 1. The lowest BCUT2D eigenvalue weighted by molar-refractivity contribution is -0.137. The summed E-state index contributed by atoms with van der Waals surface area (Å²) in [6.07, 6.45) is 0. The van der Waals surface area contributed by atoms with Crippen molar-refractivity contribution >= 4 is 30.7 Å². The van der Waals surface area contributed by atoms with E-state index in [0.29, 0.717) is 11.8 Å². The fraction of sp³-hybridized carbons (Fsp3) is 0.588. The highest BCUT2D eigenvalue weighted by atomic mass is 35.5. The lowest BCUT2D eigenvalue weighted by Crippen LogP contribution is -2.51. The molecule has 3 rings (SSSR count). The smallest absolute Gasteiger partial charge is 0.242 e. The van der Waals surface area contributed by atoms with Gasteiger partial charge in [-0.2, -0.15) is 0 Å². The van der Waals surface area contributed by atoms with Crippen LogP contribution in [-0.4, -0.2) is 43.1 Å². The molecule has 1 aromatic rings. The maximum absolute atomic E-state index is 12.8. The van der Waals surface area contributed by atoms with Gasteiger partial charge in [-0.1, -0.05) is 12.1 Å². The molecule has 0 unspecified atom stereocenters. The molecule has 136 valence electrons. The molecular formula is C17H27Cl2N3O2. The maximum Gasteiger partial charge on any atom is 0.242 e. The average molecular weight is 376 g/mol. The second-order valence-corrected chi connectivity index (χ2v) is 6.98. The van der Waals surface area contributed by atoms with Crippen LogP contribution in [0.5, 0.6) is 5.75 Å². The summed E-state index contributed by atoms with van der Waals surface area (Å²) >= 11 is 0. The molecule has 1 aromatic carbocycles. The van der Waals surface area contributed by atoms with Crippen LogP contribution in [0.25, 0.3) is 0 Å². The molecule has 2 aliphatic rings. The molecule has 0 radical (unpaired) electrons. The van der Waals surface area contributed by atoms with Gasteiger partial charge < -0.3 is 20.7 Å². The van der Waals surface area contributed by atoms with Crippen LogP contribution in [0, 0.1) is 11.8 Å². The van der Waals surface area contributed by atoms with E-state index >= 15 is 0 Å². The van der Waals surface area contributed by atoms with Crippen LogP contribution in [0.2, 0.25) is 0 Å². The van der Waals surface area contributed by atoms with E-state index in [0.717, 1.165) is 30.9 Å². The number of fused-ring (bicyclic) bond motifs is 1. The zero-order chi connectivity index (χ0) is 15.9. The third-order valence-electron chi connectivity index (χ3n) is 4.83. The second-order valence-electron chi connectivity index (χ2n) is 6.98. The molecule has 0 bridgehead atoms. The first-order valence-electron chi connectivity index (χ1n) is 7.86. The van der Waals surface area contributed by atoms with Gasteiger partial charge in [0.1, 0.15) is 5.75 Å². The Kier molecular flexibility index (Phi) is 6.94. The van der Waals surface area contributed by atoms with Crippen molar-refractivity contribution in [2.75, 3.05) is 26.7 Å². The van der Waals surface area contributed by atoms with Crippen molar-refractivity contribution < 1.29 is 9.53 Å². The lowest BCUT2D eigenvalue weighted by Gasteiger charge is -2.33. The minimum atomic E-state index is -0.837. The van der Waals surface area contributed by atoms with Gasteiger partial charge in [0.05, 0.1) is 18.7 Å². The summed E-state index contributed by atoms with van der Waals surface area (Å²) in [5.41, 5.74) is 6.39. The molecule has 5 nitrogen and oxygen atoms in total. The van der Waals surface area contributed by atoms with Crippen molar-refractivity contribution in [3.63, 3.8) is 0 Å². The van der Waals surface area contributed by atoms with Crippen molar-refractivity contribution in [3.8, 4) is 5.75 Å². The summed E-state index contributed by atoms with van der Waals surface area (Å²) in [6, 6.07) is 8.14. The molecule has 0 aliphatic carbocycles. The van der Waals surface area contributed by atoms with Crippen molar-refractivity contribution in [2.45, 2.75) is 25.4 Å². The minimum absolute atomic E-state index is 0. The third kappa shape index (κ3) is 3.80. The maximum atomic E-state index is 12.8. The van der Waals surface area contributed by atoms with Crippen molar-refractivity contribution in [1.29, 1.82) is 0 Å². The Hall–Kier alpha value is -1.01. The van der Waals surface area contributed by atoms with Gasteiger partial charge in [-0.25, -0.2) is 0 Å². The molecule has 2 fully saturated rings. The van der Waals surface area contributed by atoms with Crippen LogP contribution >= 0.6 is 24.8 Å². The van der Waals surface area contributed by atoms with Gasteiger partial charge in [0, 0.05) is 25.6 Å². The minimum Gasteiger partial charge on any atom is -0.497 e. The number of carbonyl (C=O) groups is 1. The van der Waals surface area contributed by atoms with Crippen LogP contribution in [0.3, 0.4) is 0 Å². The molecule has 2 heterocycles. The van der Waals surface area contributed by atoms with E-state index in [2.05, 4.69) is 17.4 Å². The van der Waals surface area contributed by atoms with E-state index in [4.69, 9.17) is 10.5 Å². The zero-order valence-electron chi connectivity index (χ0n) is 14.3. The second kappa shape index (κ2) is 7.91. The average Bonchev–Trinajstić information content (AvgIpc) is 3.06. The summed E-state index contributed by atoms with van der Waals surface area (Å²) in [5, 5.41) is 3.45. The van der Waals surface area contributed by atoms with Gasteiger partial charge >= 0.3 is 0 Å². The molecule has 3 N–H and O–H groups in total. The third-order valence-corrected chi connectivity index (χ3v) is 4.83. The van der Waals surface area contributed by atoms with Gasteiger partial charge in [-0.3, -0.25) is 4.79 Å². The molecule has 0 aromatic heterocycles. The highest BCUT2D eigenvalue weighted by Gasteiger charge is 2.48. The topological polar surface area (TPSA) is 67.6 Å². The Bertz CT molecular complexity index is 560. The predicted molar refractivity (Wildman–Crippen MR) is 100 cm³/mol. The standard InChI is InChI=1S/C17H25N3O2.2ClH/c1-17(2,18)16(21)20-10-12-8-19-9-14(12)15(20)11-4-6-13(22-3)7-5-11;;/h4-7,12,14-15,19H,8-10,18H2,1-3H3;2*1H/t12-,14-,15-;;/m0../s1. The van der Waals surface area contributed by atoms with Gasteiger partial charge in [0.2, 0.25) is 5.91 Å². The molecule has 0 spiro atoms. The Morgan fingerprint density at radius 1 is 1.25 bits per heavy atom. The van der Waals surface area contributed by atoms with Crippen LogP contribution in [-0.2, 0) is 4.79 Å². The lowest BCUT2D eigenvalue weighted by atomic mass is 9.89. The largest absolute Gasteiger partial charge is 0.497 e. The first-order valence-corrected chi connectivity index (χ1v) is 7.86. The number of likely N-dealkylation sites (tertiary alicyclic amines) is 1. The number of nitrogens with zero attached hydrogens (tertiary/aromatic N) is 1. The fourth-order valence-electron chi connectivity index (χ4n) is 3.73. The van der Waals surface area contributed by atoms with Gasteiger partial charge in [-0.15, -0.1) is 24.8 Å². The van der Waals surface area contributed by atoms with Crippen LogP contribution in [0.4, 0.5) is 0 Å². The first kappa shape index (κ1) is 21.0. The number of amides is 1. The van der Waals surface area contributed by atoms with Crippen molar-refractivity contribution in [3.05, 3.63) is 29.8 Å². The quantitative estimate of drug-likeness (QED) is 0.847. The fourth-order valence-corrected chi connectivity index (χ4v) is 3.73. The van der Waals surface area contributed by atoms with Crippen molar-refractivity contribution in [2.24, 2.45) is 17.6 Å². The van der Waals surface area contributed by atoms with E-state index in [1.54, 1.807) is 21.0 Å². The molecule has 2 saturated heterocycles. The number of nitrogens with two attached hydrogens (primary N) is 1. The summed E-state index contributed by atoms with van der Waals surface area (Å²) in [6.45, 7) is 6.29. The van der Waals surface area contributed by atoms with E-state index in [1.165, 1.54) is 0 Å². The summed E-state index contributed by atoms with van der Waals surface area (Å²) in [4.78, 5) is 14.7. The van der Waals surface area contributed by atoms with Crippen LogP contribution < -0.4 is 15.8 Å².